The first-order valence-corrected chi connectivity index (χ1v) is 5.21. The smallest absolute Gasteiger partial charge is 0.113 e. The van der Waals surface area contributed by atoms with E-state index >= 15 is 0 Å². The minimum Gasteiger partial charge on any atom is -0.396 e. The van der Waals surface area contributed by atoms with E-state index in [9.17, 15) is 0 Å². The van der Waals surface area contributed by atoms with E-state index in [-0.39, 0.29) is 6.61 Å². The van der Waals surface area contributed by atoms with Gasteiger partial charge in [0.2, 0.25) is 0 Å². The predicted octanol–water partition coefficient (Wildman–Crippen LogP) is 1.43. The number of benzene rings is 1. The van der Waals surface area contributed by atoms with Gasteiger partial charge in [-0.1, -0.05) is 43.1 Å². The summed E-state index contributed by atoms with van der Waals surface area (Å²) in [6.07, 6.45) is 3.12. The second-order valence-electron chi connectivity index (χ2n) is 3.79. The summed E-state index contributed by atoms with van der Waals surface area (Å²) in [7, 11) is 5.69. The van der Waals surface area contributed by atoms with Crippen molar-refractivity contribution in [3.05, 3.63) is 29.8 Å². The van der Waals surface area contributed by atoms with Gasteiger partial charge in [-0.15, -0.1) is 0 Å². The van der Waals surface area contributed by atoms with Gasteiger partial charge < -0.3 is 5.11 Å². The summed E-state index contributed by atoms with van der Waals surface area (Å²) in [5, 5.41) is 9.16. The third-order valence-corrected chi connectivity index (χ3v) is 2.43. The first-order chi connectivity index (χ1) is 6.76. The van der Waals surface area contributed by atoms with Crippen molar-refractivity contribution in [3.8, 4) is 0 Å². The van der Waals surface area contributed by atoms with Crippen LogP contribution in [0.3, 0.4) is 0 Å². The van der Waals surface area contributed by atoms with Crippen molar-refractivity contribution in [1.29, 1.82) is 0 Å². The molecule has 0 saturated heterocycles. The predicted molar refractivity (Wildman–Crippen MR) is 61.0 cm³/mol. The zero-order valence-electron chi connectivity index (χ0n) is 8.74. The Morgan fingerprint density at radius 2 is 2.21 bits per heavy atom. The molecular formula is C12H17BO. The van der Waals surface area contributed by atoms with Crippen molar-refractivity contribution in [3.63, 3.8) is 0 Å². The Balaban J connectivity index is 2.57. The number of hydrogen-bond donors (Lipinski definition) is 1. The molecule has 0 aromatic heterocycles. The van der Waals surface area contributed by atoms with Crippen LogP contribution in [-0.2, 0) is 6.42 Å². The van der Waals surface area contributed by atoms with Gasteiger partial charge in [0.25, 0.3) is 0 Å². The first-order valence-electron chi connectivity index (χ1n) is 5.21. The van der Waals surface area contributed by atoms with E-state index in [2.05, 4.69) is 13.0 Å². The van der Waals surface area contributed by atoms with E-state index in [1.807, 2.05) is 18.2 Å². The molecule has 1 aromatic carbocycles. The molecule has 2 heteroatoms. The summed E-state index contributed by atoms with van der Waals surface area (Å²) < 4.78 is 0. The summed E-state index contributed by atoms with van der Waals surface area (Å²) >= 11 is 0. The summed E-state index contributed by atoms with van der Waals surface area (Å²) in [4.78, 5) is 0. The fourth-order valence-corrected chi connectivity index (χ4v) is 1.72. The summed E-state index contributed by atoms with van der Waals surface area (Å²) in [5.41, 5.74) is 2.02. The van der Waals surface area contributed by atoms with Gasteiger partial charge in [-0.05, 0) is 24.3 Å². The Bertz CT molecular complexity index is 273. The molecular weight excluding hydrogens is 171 g/mol. The lowest BCUT2D eigenvalue weighted by molar-refractivity contribution is 0.217. The number of hydrogen-bond acceptors (Lipinski definition) is 1. The van der Waals surface area contributed by atoms with Crippen LogP contribution in [-0.4, -0.2) is 19.6 Å². The van der Waals surface area contributed by atoms with Crippen molar-refractivity contribution in [2.24, 2.45) is 5.92 Å². The Morgan fingerprint density at radius 1 is 1.43 bits per heavy atom. The van der Waals surface area contributed by atoms with Crippen LogP contribution in [0, 0.1) is 5.92 Å². The van der Waals surface area contributed by atoms with Crippen molar-refractivity contribution in [2.75, 3.05) is 6.61 Å². The molecule has 1 nitrogen and oxygen atoms in total. The number of aliphatic hydroxyl groups is 1. The van der Waals surface area contributed by atoms with Gasteiger partial charge in [0.15, 0.2) is 0 Å². The van der Waals surface area contributed by atoms with E-state index in [1.54, 1.807) is 0 Å². The molecule has 0 aliphatic heterocycles. The normalized spacial score (nSPS) is 12.7. The molecule has 2 radical (unpaired) electrons. The molecule has 1 aromatic rings. The molecule has 0 saturated carbocycles. The Labute approximate surface area is 87.6 Å². The van der Waals surface area contributed by atoms with Gasteiger partial charge in [0.05, 0.1) is 0 Å². The third kappa shape index (κ3) is 3.55. The molecule has 0 bridgehead atoms. The van der Waals surface area contributed by atoms with Crippen LogP contribution in [0.2, 0.25) is 0 Å². The standard InChI is InChI=1S/C12H17BO/c1-2-4-11(9-14)7-10-5-3-6-12(13)8-10/h3,5-6,8,11,14H,2,4,7,9H2,1H3. The lowest BCUT2D eigenvalue weighted by Gasteiger charge is -2.13. The molecule has 0 aliphatic carbocycles. The van der Waals surface area contributed by atoms with E-state index in [0.717, 1.165) is 24.7 Å². The van der Waals surface area contributed by atoms with Gasteiger partial charge in [-0.25, -0.2) is 0 Å². The third-order valence-electron chi connectivity index (χ3n) is 2.43. The molecule has 1 N–H and O–H groups in total. The molecule has 74 valence electrons. The molecule has 1 atom stereocenters. The quantitative estimate of drug-likeness (QED) is 0.693. The maximum atomic E-state index is 9.16. The Kier molecular flexibility index (Phi) is 4.74. The molecule has 0 fully saturated rings. The molecule has 0 heterocycles. The van der Waals surface area contributed by atoms with Crippen LogP contribution in [0.4, 0.5) is 0 Å². The van der Waals surface area contributed by atoms with Crippen LogP contribution in [0.1, 0.15) is 25.3 Å². The SMILES string of the molecule is [B]c1cccc(CC(CO)CCC)c1. The molecule has 1 rings (SSSR count). The van der Waals surface area contributed by atoms with Crippen molar-refractivity contribution >= 4 is 13.3 Å². The summed E-state index contributed by atoms with van der Waals surface area (Å²) in [5.74, 6) is 0.377. The first kappa shape index (κ1) is 11.3. The maximum Gasteiger partial charge on any atom is 0.113 e. The average molecular weight is 188 g/mol. The molecule has 0 amide bonds. The zero-order chi connectivity index (χ0) is 10.4. The fourth-order valence-electron chi connectivity index (χ4n) is 1.72. The van der Waals surface area contributed by atoms with Crippen molar-refractivity contribution in [2.45, 2.75) is 26.2 Å². The van der Waals surface area contributed by atoms with Crippen LogP contribution < -0.4 is 5.46 Å². The lowest BCUT2D eigenvalue weighted by Crippen LogP contribution is -2.11. The largest absolute Gasteiger partial charge is 0.396 e. The Morgan fingerprint density at radius 3 is 2.79 bits per heavy atom. The maximum absolute atomic E-state index is 9.16. The highest BCUT2D eigenvalue weighted by Gasteiger charge is 2.06. The monoisotopic (exact) mass is 188 g/mol. The van der Waals surface area contributed by atoms with Gasteiger partial charge in [-0.3, -0.25) is 0 Å². The highest BCUT2D eigenvalue weighted by atomic mass is 16.3. The van der Waals surface area contributed by atoms with Crippen LogP contribution in [0.15, 0.2) is 24.3 Å². The van der Waals surface area contributed by atoms with Gasteiger partial charge in [0, 0.05) is 6.61 Å². The highest BCUT2D eigenvalue weighted by Crippen LogP contribution is 2.12. The van der Waals surface area contributed by atoms with Gasteiger partial charge in [-0.2, -0.15) is 0 Å². The van der Waals surface area contributed by atoms with Gasteiger partial charge in [0.1, 0.15) is 7.85 Å². The summed E-state index contributed by atoms with van der Waals surface area (Å²) in [6, 6.07) is 7.90. The minimum atomic E-state index is 0.267. The highest BCUT2D eigenvalue weighted by molar-refractivity contribution is 6.32. The second kappa shape index (κ2) is 5.87. The lowest BCUT2D eigenvalue weighted by atomic mass is 9.90. The number of aliphatic hydroxyl groups excluding tert-OH is 1. The van der Waals surface area contributed by atoms with Crippen LogP contribution >= 0.6 is 0 Å². The van der Waals surface area contributed by atoms with E-state index in [0.29, 0.717) is 5.92 Å². The molecule has 1 unspecified atom stereocenters. The molecule has 14 heavy (non-hydrogen) atoms. The molecule has 0 aliphatic rings. The van der Waals surface area contributed by atoms with E-state index < -0.39 is 0 Å². The Hall–Kier alpha value is -0.755. The number of rotatable bonds is 5. The zero-order valence-corrected chi connectivity index (χ0v) is 8.74. The topological polar surface area (TPSA) is 20.2 Å². The fraction of sp³-hybridized carbons (Fsp3) is 0.500. The average Bonchev–Trinajstić information content (AvgIpc) is 2.17. The van der Waals surface area contributed by atoms with Crippen LogP contribution in [0.5, 0.6) is 0 Å². The van der Waals surface area contributed by atoms with E-state index in [4.69, 9.17) is 13.0 Å². The second-order valence-corrected chi connectivity index (χ2v) is 3.79. The van der Waals surface area contributed by atoms with Crippen molar-refractivity contribution in [1.82, 2.24) is 0 Å². The van der Waals surface area contributed by atoms with Gasteiger partial charge >= 0.3 is 0 Å². The molecule has 0 spiro atoms. The van der Waals surface area contributed by atoms with Crippen LogP contribution in [0.25, 0.3) is 0 Å². The minimum absolute atomic E-state index is 0.267. The van der Waals surface area contributed by atoms with E-state index in [1.165, 1.54) is 5.56 Å². The summed E-state index contributed by atoms with van der Waals surface area (Å²) in [6.45, 7) is 2.41. The van der Waals surface area contributed by atoms with Crippen molar-refractivity contribution < 1.29 is 5.11 Å².